The van der Waals surface area contributed by atoms with Gasteiger partial charge in [0.15, 0.2) is 11.5 Å². The Morgan fingerprint density at radius 3 is 2.82 bits per heavy atom. The maximum absolute atomic E-state index is 6.10. The lowest BCUT2D eigenvalue weighted by Crippen LogP contribution is -2.14. The topological polar surface area (TPSA) is 108 Å². The van der Waals surface area contributed by atoms with Crippen molar-refractivity contribution in [2.75, 3.05) is 0 Å². The van der Waals surface area contributed by atoms with Crippen LogP contribution in [0.2, 0.25) is 5.02 Å². The quantitative estimate of drug-likeness (QED) is 0.313. The Hall–Kier alpha value is -4.70. The van der Waals surface area contributed by atoms with Crippen molar-refractivity contribution in [2.45, 2.75) is 26.4 Å². The highest BCUT2D eigenvalue weighted by Crippen LogP contribution is 2.48. The zero-order valence-electron chi connectivity index (χ0n) is 21.4. The number of aromatic amines is 1. The van der Waals surface area contributed by atoms with Gasteiger partial charge in [-0.2, -0.15) is 5.10 Å². The summed E-state index contributed by atoms with van der Waals surface area (Å²) in [6.07, 6.45) is 5.46. The third-order valence-corrected chi connectivity index (χ3v) is 7.13. The van der Waals surface area contributed by atoms with Crippen molar-refractivity contribution < 1.29 is 9.47 Å². The molecular formula is C28H23ClN8O2. The summed E-state index contributed by atoms with van der Waals surface area (Å²) in [5.74, 6) is 2.12. The summed E-state index contributed by atoms with van der Waals surface area (Å²) in [6, 6.07) is 13.6. The maximum atomic E-state index is 6.10. The predicted molar refractivity (Wildman–Crippen MR) is 144 cm³/mol. The van der Waals surface area contributed by atoms with E-state index in [-0.39, 0.29) is 5.92 Å². The third-order valence-electron chi connectivity index (χ3n) is 6.89. The number of benzene rings is 2. The van der Waals surface area contributed by atoms with E-state index < -0.39 is 0 Å². The first-order valence-corrected chi connectivity index (χ1v) is 12.8. The van der Waals surface area contributed by atoms with E-state index in [1.165, 1.54) is 0 Å². The molecule has 10 nitrogen and oxygen atoms in total. The Labute approximate surface area is 228 Å². The van der Waals surface area contributed by atoms with Gasteiger partial charge in [0, 0.05) is 40.7 Å². The number of rotatable bonds is 5. The second-order valence-corrected chi connectivity index (χ2v) is 10.1. The Bertz CT molecular complexity index is 1870. The zero-order valence-corrected chi connectivity index (χ0v) is 22.1. The summed E-state index contributed by atoms with van der Waals surface area (Å²) >= 11 is 6.08. The predicted octanol–water partition coefficient (Wildman–Crippen LogP) is 5.38. The van der Waals surface area contributed by atoms with Crippen molar-refractivity contribution in [3.05, 3.63) is 99.7 Å². The van der Waals surface area contributed by atoms with Crippen LogP contribution in [0.25, 0.3) is 17.0 Å². The molecule has 6 aromatic rings. The largest absolute Gasteiger partial charge is 0.489 e. The molecule has 0 saturated heterocycles. The molecular weight excluding hydrogens is 516 g/mol. The van der Waals surface area contributed by atoms with E-state index in [1.54, 1.807) is 15.5 Å². The van der Waals surface area contributed by atoms with Gasteiger partial charge in [0.2, 0.25) is 11.8 Å². The summed E-state index contributed by atoms with van der Waals surface area (Å²) in [7, 11) is 1.89. The molecule has 1 N–H and O–H groups in total. The number of H-pyrrole nitrogens is 1. The number of hydrogen-bond donors (Lipinski definition) is 1. The molecule has 1 aliphatic heterocycles. The van der Waals surface area contributed by atoms with Crippen LogP contribution in [0.5, 0.6) is 17.5 Å². The van der Waals surface area contributed by atoms with Crippen LogP contribution in [-0.4, -0.2) is 39.6 Å². The van der Waals surface area contributed by atoms with Gasteiger partial charge in [0.25, 0.3) is 0 Å². The van der Waals surface area contributed by atoms with E-state index in [2.05, 4.69) is 20.3 Å². The third kappa shape index (κ3) is 4.00. The lowest BCUT2D eigenvalue weighted by molar-refractivity contribution is 0.304. The Balaban J connectivity index is 1.28. The lowest BCUT2D eigenvalue weighted by atomic mass is 9.86. The number of aryl methyl sites for hydroxylation is 3. The van der Waals surface area contributed by atoms with Gasteiger partial charge in [-0.15, -0.1) is 10.2 Å². The molecule has 0 radical (unpaired) electrons. The van der Waals surface area contributed by atoms with E-state index in [1.807, 2.05) is 75.8 Å². The van der Waals surface area contributed by atoms with Crippen LogP contribution < -0.4 is 9.47 Å². The fourth-order valence-electron chi connectivity index (χ4n) is 5.04. The number of halogens is 1. The Kier molecular flexibility index (Phi) is 5.38. The number of hydrogen-bond acceptors (Lipinski definition) is 7. The van der Waals surface area contributed by atoms with Crippen LogP contribution in [0, 0.1) is 13.8 Å². The molecule has 1 unspecified atom stereocenters. The minimum Gasteiger partial charge on any atom is -0.489 e. The molecule has 194 valence electrons. The second kappa shape index (κ2) is 8.95. The average molecular weight is 539 g/mol. The van der Waals surface area contributed by atoms with E-state index in [4.69, 9.17) is 31.2 Å². The molecule has 4 aromatic heterocycles. The molecule has 5 heterocycles. The Morgan fingerprint density at radius 2 is 2.00 bits per heavy atom. The molecule has 0 saturated carbocycles. The number of aromatic nitrogens is 8. The minimum atomic E-state index is -0.216. The van der Waals surface area contributed by atoms with Gasteiger partial charge in [-0.1, -0.05) is 29.8 Å². The summed E-state index contributed by atoms with van der Waals surface area (Å²) in [6.45, 7) is 4.36. The van der Waals surface area contributed by atoms with Gasteiger partial charge < -0.3 is 9.47 Å². The summed E-state index contributed by atoms with van der Waals surface area (Å²) < 4.78 is 15.6. The molecule has 0 aliphatic carbocycles. The highest BCUT2D eigenvalue weighted by Gasteiger charge is 2.37. The van der Waals surface area contributed by atoms with Crippen LogP contribution in [0.4, 0.5) is 0 Å². The van der Waals surface area contributed by atoms with Crippen LogP contribution in [0.3, 0.4) is 0 Å². The molecule has 1 aliphatic rings. The monoisotopic (exact) mass is 538 g/mol. The molecule has 11 heteroatoms. The number of nitrogens with zero attached hydrogens (tertiary/aromatic N) is 7. The maximum Gasteiger partial charge on any atom is 0.244 e. The molecule has 39 heavy (non-hydrogen) atoms. The van der Waals surface area contributed by atoms with Gasteiger partial charge in [0.1, 0.15) is 18.7 Å². The van der Waals surface area contributed by atoms with Crippen LogP contribution >= 0.6 is 11.6 Å². The number of fused-ring (bicyclic) bond motifs is 4. The highest BCUT2D eigenvalue weighted by molar-refractivity contribution is 6.30. The van der Waals surface area contributed by atoms with Crippen LogP contribution in [-0.2, 0) is 13.7 Å². The van der Waals surface area contributed by atoms with Gasteiger partial charge in [0.05, 0.1) is 17.7 Å². The van der Waals surface area contributed by atoms with Crippen molar-refractivity contribution in [1.29, 1.82) is 0 Å². The summed E-state index contributed by atoms with van der Waals surface area (Å²) in [4.78, 5) is 9.54. The lowest BCUT2D eigenvalue weighted by Gasteiger charge is -2.24. The van der Waals surface area contributed by atoms with Crippen LogP contribution in [0.1, 0.15) is 39.4 Å². The molecule has 2 aromatic carbocycles. The smallest absolute Gasteiger partial charge is 0.244 e. The standard InChI is InChI=1S/C28H23ClN8O2/c1-15-9-20(29)7-8-21(15)38-13-17-5-4-6-18(10-17)25-32-26-24-23(19-11-31-36(3)12-19)22-16(2)33-34-28(22)39-27(24)30-14-37(26)35-25/h4-12,14,23H,13H2,1-3H3,(H,33,34). The van der Waals surface area contributed by atoms with E-state index in [0.717, 1.165) is 44.8 Å². The summed E-state index contributed by atoms with van der Waals surface area (Å²) in [5, 5.41) is 17.3. The fourth-order valence-corrected chi connectivity index (χ4v) is 5.27. The number of ether oxygens (including phenoxy) is 2. The molecule has 0 spiro atoms. The fraction of sp³-hybridized carbons (Fsp3) is 0.179. The summed E-state index contributed by atoms with van der Waals surface area (Å²) in [5.41, 5.74) is 7.17. The molecule has 7 rings (SSSR count). The van der Waals surface area contributed by atoms with Crippen LogP contribution in [0.15, 0.2) is 61.2 Å². The van der Waals surface area contributed by atoms with Crippen molar-refractivity contribution in [3.63, 3.8) is 0 Å². The van der Waals surface area contributed by atoms with Crippen molar-refractivity contribution in [1.82, 2.24) is 39.6 Å². The molecule has 0 amide bonds. The van der Waals surface area contributed by atoms with Gasteiger partial charge in [-0.25, -0.2) is 14.5 Å². The zero-order chi connectivity index (χ0) is 26.7. The first kappa shape index (κ1) is 23.4. The van der Waals surface area contributed by atoms with Gasteiger partial charge in [-0.05, 0) is 49.2 Å². The second-order valence-electron chi connectivity index (χ2n) is 9.62. The number of nitrogens with one attached hydrogen (secondary N) is 1. The molecule has 0 bridgehead atoms. The SMILES string of the molecule is Cc1cc(Cl)ccc1OCc1cccc(-c2nc3c4c(ncn3n2)Oc2n[nH]c(C)c2C4c2cnn(C)c2)c1. The van der Waals surface area contributed by atoms with E-state index >= 15 is 0 Å². The normalized spacial score (nSPS) is 14.2. The molecule has 0 fully saturated rings. The molecule has 1 atom stereocenters. The van der Waals surface area contributed by atoms with Crippen molar-refractivity contribution in [3.8, 4) is 28.9 Å². The van der Waals surface area contributed by atoms with Gasteiger partial charge in [-0.3, -0.25) is 9.78 Å². The van der Waals surface area contributed by atoms with E-state index in [0.29, 0.717) is 34.9 Å². The first-order valence-electron chi connectivity index (χ1n) is 12.4. The highest BCUT2D eigenvalue weighted by atomic mass is 35.5. The van der Waals surface area contributed by atoms with Gasteiger partial charge >= 0.3 is 0 Å². The average Bonchev–Trinajstić information content (AvgIpc) is 3.65. The first-order chi connectivity index (χ1) is 18.9. The van der Waals surface area contributed by atoms with Crippen molar-refractivity contribution >= 4 is 17.2 Å². The van der Waals surface area contributed by atoms with Crippen molar-refractivity contribution in [2.24, 2.45) is 7.05 Å². The van der Waals surface area contributed by atoms with E-state index in [9.17, 15) is 0 Å². The Morgan fingerprint density at radius 1 is 1.10 bits per heavy atom. The minimum absolute atomic E-state index is 0.216.